The average Bonchev–Trinajstić information content (AvgIpc) is 3.79. The van der Waals surface area contributed by atoms with Crippen molar-refractivity contribution in [3.63, 3.8) is 0 Å². The lowest BCUT2D eigenvalue weighted by Crippen LogP contribution is -2.53. The molecule has 3 aliphatic heterocycles. The van der Waals surface area contributed by atoms with E-state index in [9.17, 15) is 4.79 Å². The van der Waals surface area contributed by atoms with Gasteiger partial charge in [-0.3, -0.25) is 14.7 Å². The van der Waals surface area contributed by atoms with E-state index in [1.165, 1.54) is 6.08 Å². The molecular weight excluding hydrogens is 627 g/mol. The highest BCUT2D eigenvalue weighted by molar-refractivity contribution is 5.93. The molecule has 0 atom stereocenters. The number of halogens is 1. The maximum Gasteiger partial charge on any atom is 0.319 e. The molecule has 2 N–H and O–H groups in total. The minimum Gasteiger partial charge on any atom is -0.461 e. The summed E-state index contributed by atoms with van der Waals surface area (Å²) < 4.78 is 28.1. The SMILES string of the molecule is Cc1cc(N)nc(-c2ncc3c(N(C)CC4CN(C(=O)/C=C/c5nc(C(C)C)no5)C4)nc(OCC45CCCN4CCC5)nc3c2F)c1C. The Labute approximate surface area is 284 Å². The molecule has 3 fully saturated rings. The van der Waals surface area contributed by atoms with Crippen LogP contribution in [-0.2, 0) is 4.79 Å². The van der Waals surface area contributed by atoms with Crippen LogP contribution in [0.5, 0.6) is 6.01 Å². The number of aromatic nitrogens is 6. The first-order valence-corrected chi connectivity index (χ1v) is 17.0. The van der Waals surface area contributed by atoms with Gasteiger partial charge < -0.3 is 24.8 Å². The van der Waals surface area contributed by atoms with Gasteiger partial charge in [0.25, 0.3) is 5.89 Å². The van der Waals surface area contributed by atoms with Gasteiger partial charge in [0.05, 0.1) is 16.6 Å². The van der Waals surface area contributed by atoms with E-state index in [-0.39, 0.29) is 40.5 Å². The van der Waals surface area contributed by atoms with Crippen LogP contribution in [-0.4, -0.2) is 97.7 Å². The number of carbonyl (C=O) groups excluding carboxylic acids is 1. The first-order chi connectivity index (χ1) is 23.5. The first-order valence-electron chi connectivity index (χ1n) is 17.0. The van der Waals surface area contributed by atoms with Crippen molar-refractivity contribution in [2.24, 2.45) is 5.92 Å². The summed E-state index contributed by atoms with van der Waals surface area (Å²) in [4.78, 5) is 41.7. The Bertz CT molecular complexity index is 1910. The Morgan fingerprint density at radius 3 is 2.63 bits per heavy atom. The Hall–Kier alpha value is -4.72. The predicted molar refractivity (Wildman–Crippen MR) is 183 cm³/mol. The van der Waals surface area contributed by atoms with E-state index in [1.807, 2.05) is 39.6 Å². The maximum absolute atomic E-state index is 16.5. The number of nitrogens with zero attached hydrogens (tertiary/aromatic N) is 9. The molecule has 258 valence electrons. The highest BCUT2D eigenvalue weighted by Crippen LogP contribution is 2.40. The van der Waals surface area contributed by atoms with E-state index in [0.717, 1.165) is 49.9 Å². The molecule has 7 rings (SSSR count). The van der Waals surface area contributed by atoms with Crippen molar-refractivity contribution < 1.29 is 18.4 Å². The predicted octanol–water partition coefficient (Wildman–Crippen LogP) is 4.55. The third-order valence-electron chi connectivity index (χ3n) is 10.2. The van der Waals surface area contributed by atoms with Gasteiger partial charge in [0.2, 0.25) is 5.91 Å². The number of ether oxygens (including phenoxy) is 1. The largest absolute Gasteiger partial charge is 0.461 e. The molecule has 0 spiro atoms. The number of fused-ring (bicyclic) bond motifs is 2. The van der Waals surface area contributed by atoms with E-state index >= 15 is 4.39 Å². The maximum atomic E-state index is 16.5. The number of hydrogen-bond acceptors (Lipinski definition) is 12. The molecule has 49 heavy (non-hydrogen) atoms. The lowest BCUT2D eigenvalue weighted by molar-refractivity contribution is -0.131. The van der Waals surface area contributed by atoms with E-state index in [0.29, 0.717) is 60.7 Å². The molecule has 4 aromatic rings. The second-order valence-corrected chi connectivity index (χ2v) is 14.0. The number of carbonyl (C=O) groups is 1. The van der Waals surface area contributed by atoms with Gasteiger partial charge in [-0.25, -0.2) is 9.37 Å². The van der Waals surface area contributed by atoms with Crippen molar-refractivity contribution in [3.05, 3.63) is 47.0 Å². The Balaban J connectivity index is 1.13. The van der Waals surface area contributed by atoms with Gasteiger partial charge in [0.15, 0.2) is 11.6 Å². The van der Waals surface area contributed by atoms with Crippen LogP contribution < -0.4 is 15.4 Å². The fourth-order valence-electron chi connectivity index (χ4n) is 7.33. The second kappa shape index (κ2) is 13.0. The normalized spacial score (nSPS) is 17.7. The van der Waals surface area contributed by atoms with Gasteiger partial charge in [-0.15, -0.1) is 0 Å². The van der Waals surface area contributed by atoms with Crippen molar-refractivity contribution in [2.75, 3.05) is 57.0 Å². The molecular formula is C35H43FN10O3. The van der Waals surface area contributed by atoms with Crippen molar-refractivity contribution in [2.45, 2.75) is 64.8 Å². The molecule has 13 nitrogen and oxygen atoms in total. The van der Waals surface area contributed by atoms with Crippen molar-refractivity contribution in [1.82, 2.24) is 39.9 Å². The van der Waals surface area contributed by atoms with Crippen LogP contribution >= 0.6 is 0 Å². The number of pyridine rings is 2. The second-order valence-electron chi connectivity index (χ2n) is 14.0. The molecule has 0 aliphatic carbocycles. The van der Waals surface area contributed by atoms with E-state index in [4.69, 9.17) is 20.0 Å². The Morgan fingerprint density at radius 1 is 1.16 bits per heavy atom. The number of amides is 1. The highest BCUT2D eigenvalue weighted by atomic mass is 19.1. The number of rotatable bonds is 10. The van der Waals surface area contributed by atoms with Gasteiger partial charge in [-0.2, -0.15) is 15.0 Å². The van der Waals surface area contributed by atoms with Gasteiger partial charge in [0.1, 0.15) is 29.5 Å². The van der Waals surface area contributed by atoms with E-state index in [2.05, 4.69) is 30.0 Å². The van der Waals surface area contributed by atoms with Gasteiger partial charge in [-0.05, 0) is 69.8 Å². The zero-order chi connectivity index (χ0) is 34.4. The molecule has 0 saturated carbocycles. The summed E-state index contributed by atoms with van der Waals surface area (Å²) in [5.74, 6) is 1.29. The smallest absolute Gasteiger partial charge is 0.319 e. The molecule has 0 aromatic carbocycles. The van der Waals surface area contributed by atoms with E-state index in [1.54, 1.807) is 23.2 Å². The zero-order valence-corrected chi connectivity index (χ0v) is 28.7. The molecule has 0 radical (unpaired) electrons. The zero-order valence-electron chi connectivity index (χ0n) is 28.7. The molecule has 1 amide bonds. The van der Waals surface area contributed by atoms with Crippen LogP contribution in [0.15, 0.2) is 22.9 Å². The summed E-state index contributed by atoms with van der Waals surface area (Å²) >= 11 is 0. The fraction of sp³-hybridized carbons (Fsp3) is 0.514. The van der Waals surface area contributed by atoms with Crippen molar-refractivity contribution in [3.8, 4) is 17.4 Å². The fourth-order valence-corrected chi connectivity index (χ4v) is 7.33. The molecule has 0 bridgehead atoms. The highest BCUT2D eigenvalue weighted by Gasteiger charge is 2.45. The molecule has 4 aromatic heterocycles. The standard InChI is InChI=1S/C35H43FN10O3/c1-20(2)32-40-26(49-43-32)8-9-27(47)45-17-23(18-45)16-44(5)33-24-15-38-31(29-22(4)21(3)14-25(37)39-29)28(36)30(24)41-34(42-33)48-19-35-10-6-12-46(35)13-7-11-35/h8-9,14-15,20,23H,6-7,10-13,16-19H2,1-5H3,(H2,37,39)/b9-8+. The summed E-state index contributed by atoms with van der Waals surface area (Å²) in [6, 6.07) is 1.89. The number of nitrogens with two attached hydrogens (primary N) is 1. The number of nitrogen functional groups attached to an aromatic ring is 1. The monoisotopic (exact) mass is 670 g/mol. The summed E-state index contributed by atoms with van der Waals surface area (Å²) in [7, 11) is 1.91. The summed E-state index contributed by atoms with van der Waals surface area (Å²) in [5.41, 5.74) is 8.29. The summed E-state index contributed by atoms with van der Waals surface area (Å²) in [6.07, 6.45) is 9.00. The third-order valence-corrected chi connectivity index (χ3v) is 10.2. The Kier molecular flexibility index (Phi) is 8.67. The minimum atomic E-state index is -0.601. The van der Waals surface area contributed by atoms with Crippen LogP contribution in [0, 0.1) is 25.6 Å². The van der Waals surface area contributed by atoms with Crippen molar-refractivity contribution in [1.29, 1.82) is 0 Å². The summed E-state index contributed by atoms with van der Waals surface area (Å²) in [5, 5.41) is 4.39. The quantitative estimate of drug-likeness (QED) is 0.236. The number of anilines is 2. The molecule has 14 heteroatoms. The first kappa shape index (κ1) is 32.8. The van der Waals surface area contributed by atoms with Crippen LogP contribution in [0.3, 0.4) is 0 Å². The van der Waals surface area contributed by atoms with Crippen molar-refractivity contribution >= 4 is 34.5 Å². The average molecular weight is 671 g/mol. The van der Waals surface area contributed by atoms with Crippen LogP contribution in [0.1, 0.15) is 68.3 Å². The summed E-state index contributed by atoms with van der Waals surface area (Å²) in [6.45, 7) is 12.0. The lowest BCUT2D eigenvalue weighted by atomic mass is 9.95. The minimum absolute atomic E-state index is 0.0247. The third kappa shape index (κ3) is 6.29. The molecule has 0 unspecified atom stereocenters. The number of hydrogen-bond donors (Lipinski definition) is 1. The Morgan fingerprint density at radius 2 is 1.92 bits per heavy atom. The van der Waals surface area contributed by atoms with Gasteiger partial charge in [0, 0.05) is 56.9 Å². The van der Waals surface area contributed by atoms with Crippen LogP contribution in [0.4, 0.5) is 16.0 Å². The lowest BCUT2D eigenvalue weighted by Gasteiger charge is -2.40. The van der Waals surface area contributed by atoms with Gasteiger partial charge >= 0.3 is 6.01 Å². The van der Waals surface area contributed by atoms with Crippen LogP contribution in [0.25, 0.3) is 28.4 Å². The van der Waals surface area contributed by atoms with Crippen LogP contribution in [0.2, 0.25) is 0 Å². The topological polar surface area (TPSA) is 153 Å². The van der Waals surface area contributed by atoms with E-state index < -0.39 is 5.82 Å². The molecule has 7 heterocycles. The number of likely N-dealkylation sites (tertiary alicyclic amines) is 1. The number of aryl methyl sites for hydroxylation is 1. The molecule has 3 saturated heterocycles. The van der Waals surface area contributed by atoms with Gasteiger partial charge in [-0.1, -0.05) is 19.0 Å². The molecule has 3 aliphatic rings.